The lowest BCUT2D eigenvalue weighted by atomic mass is 10.1. The van der Waals surface area contributed by atoms with Crippen LogP contribution in [0.3, 0.4) is 0 Å². The Morgan fingerprint density at radius 3 is 2.70 bits per heavy atom. The Labute approximate surface area is 166 Å². The number of hydrogen-bond donors (Lipinski definition) is 1. The van der Waals surface area contributed by atoms with Crippen LogP contribution in [-0.4, -0.2) is 25.6 Å². The van der Waals surface area contributed by atoms with Gasteiger partial charge >= 0.3 is 0 Å². The second-order valence-electron chi connectivity index (χ2n) is 6.90. The fourth-order valence-corrected chi connectivity index (χ4v) is 3.54. The highest BCUT2D eigenvalue weighted by Crippen LogP contribution is 2.31. The zero-order valence-corrected chi connectivity index (χ0v) is 16.6. The SMILES string of the molecule is CCCCOc1cccc(C(=O)Nc2ccc(N3CCCCC3)c(Cl)c2)c1. The molecule has 1 heterocycles. The number of rotatable bonds is 7. The van der Waals surface area contributed by atoms with Crippen molar-refractivity contribution in [3.8, 4) is 5.75 Å². The van der Waals surface area contributed by atoms with Crippen LogP contribution in [0.4, 0.5) is 11.4 Å². The van der Waals surface area contributed by atoms with E-state index < -0.39 is 0 Å². The van der Waals surface area contributed by atoms with E-state index in [0.29, 0.717) is 22.9 Å². The molecule has 1 saturated heterocycles. The molecule has 27 heavy (non-hydrogen) atoms. The summed E-state index contributed by atoms with van der Waals surface area (Å²) in [7, 11) is 0. The Kier molecular flexibility index (Phi) is 6.99. The van der Waals surface area contributed by atoms with Gasteiger partial charge < -0.3 is 15.0 Å². The van der Waals surface area contributed by atoms with Crippen LogP contribution in [0.25, 0.3) is 0 Å². The molecule has 3 rings (SSSR count). The summed E-state index contributed by atoms with van der Waals surface area (Å²) < 4.78 is 5.68. The van der Waals surface area contributed by atoms with Crippen LogP contribution >= 0.6 is 11.6 Å². The van der Waals surface area contributed by atoms with Crippen molar-refractivity contribution in [1.82, 2.24) is 0 Å². The Balaban J connectivity index is 1.65. The van der Waals surface area contributed by atoms with Gasteiger partial charge in [0.05, 0.1) is 17.3 Å². The number of nitrogens with zero attached hydrogens (tertiary/aromatic N) is 1. The number of piperidine rings is 1. The predicted molar refractivity (Wildman–Crippen MR) is 112 cm³/mol. The largest absolute Gasteiger partial charge is 0.494 e. The van der Waals surface area contributed by atoms with Gasteiger partial charge in [0, 0.05) is 24.3 Å². The third kappa shape index (κ3) is 5.39. The van der Waals surface area contributed by atoms with Crippen LogP contribution in [0.5, 0.6) is 5.75 Å². The number of amides is 1. The highest BCUT2D eigenvalue weighted by Gasteiger charge is 2.15. The maximum atomic E-state index is 12.6. The molecule has 0 unspecified atom stereocenters. The Hall–Kier alpha value is -2.20. The number of carbonyl (C=O) groups excluding carboxylic acids is 1. The van der Waals surface area contributed by atoms with Crippen molar-refractivity contribution < 1.29 is 9.53 Å². The van der Waals surface area contributed by atoms with Crippen molar-refractivity contribution in [1.29, 1.82) is 0 Å². The van der Waals surface area contributed by atoms with Crippen molar-refractivity contribution >= 4 is 28.9 Å². The summed E-state index contributed by atoms with van der Waals surface area (Å²) in [6, 6.07) is 13.0. The topological polar surface area (TPSA) is 41.6 Å². The van der Waals surface area contributed by atoms with Crippen molar-refractivity contribution in [2.24, 2.45) is 0 Å². The Bertz CT molecular complexity index is 773. The van der Waals surface area contributed by atoms with Gasteiger partial charge in [0.25, 0.3) is 5.91 Å². The van der Waals surface area contributed by atoms with Gasteiger partial charge in [0.1, 0.15) is 5.75 Å². The number of nitrogens with one attached hydrogen (secondary N) is 1. The van der Waals surface area contributed by atoms with Crippen molar-refractivity contribution in [2.75, 3.05) is 29.9 Å². The fourth-order valence-electron chi connectivity index (χ4n) is 3.24. The van der Waals surface area contributed by atoms with Crippen LogP contribution in [-0.2, 0) is 0 Å². The fraction of sp³-hybridized carbons (Fsp3) is 0.409. The molecule has 0 atom stereocenters. The standard InChI is InChI=1S/C22H27ClN2O2/c1-2-3-14-27-19-9-7-8-17(15-19)22(26)24-18-10-11-21(20(23)16-18)25-12-5-4-6-13-25/h7-11,15-16H,2-6,12-14H2,1H3,(H,24,26). The zero-order chi connectivity index (χ0) is 19.1. The number of anilines is 2. The minimum absolute atomic E-state index is 0.169. The first kappa shape index (κ1) is 19.6. The van der Waals surface area contributed by atoms with Crippen LogP contribution < -0.4 is 15.0 Å². The van der Waals surface area contributed by atoms with E-state index in [-0.39, 0.29) is 5.91 Å². The molecule has 2 aromatic rings. The minimum Gasteiger partial charge on any atom is -0.494 e. The molecule has 0 saturated carbocycles. The van der Waals surface area contributed by atoms with E-state index in [1.807, 2.05) is 30.3 Å². The number of benzene rings is 2. The second kappa shape index (κ2) is 9.65. The van der Waals surface area contributed by atoms with E-state index in [1.54, 1.807) is 12.1 Å². The quantitative estimate of drug-likeness (QED) is 0.615. The third-order valence-corrected chi connectivity index (χ3v) is 5.07. The maximum Gasteiger partial charge on any atom is 0.255 e. The molecule has 0 radical (unpaired) electrons. The van der Waals surface area contributed by atoms with E-state index >= 15 is 0 Å². The minimum atomic E-state index is -0.169. The second-order valence-corrected chi connectivity index (χ2v) is 7.31. The highest BCUT2D eigenvalue weighted by atomic mass is 35.5. The molecule has 5 heteroatoms. The van der Waals surface area contributed by atoms with E-state index in [1.165, 1.54) is 19.3 Å². The Morgan fingerprint density at radius 2 is 1.96 bits per heavy atom. The average molecular weight is 387 g/mol. The monoisotopic (exact) mass is 386 g/mol. The van der Waals surface area contributed by atoms with Crippen LogP contribution in [0, 0.1) is 0 Å². The number of ether oxygens (including phenoxy) is 1. The molecule has 4 nitrogen and oxygen atoms in total. The van der Waals surface area contributed by atoms with Crippen LogP contribution in [0.15, 0.2) is 42.5 Å². The molecule has 2 aromatic carbocycles. The summed E-state index contributed by atoms with van der Waals surface area (Å²) in [4.78, 5) is 14.9. The summed E-state index contributed by atoms with van der Waals surface area (Å²) in [5.74, 6) is 0.548. The number of unbranched alkanes of at least 4 members (excludes halogenated alkanes) is 1. The maximum absolute atomic E-state index is 12.6. The molecule has 0 spiro atoms. The van der Waals surface area contributed by atoms with Crippen molar-refractivity contribution in [3.63, 3.8) is 0 Å². The normalized spacial score (nSPS) is 14.1. The molecular formula is C22H27ClN2O2. The van der Waals surface area contributed by atoms with Gasteiger partial charge in [-0.05, 0) is 62.1 Å². The molecular weight excluding hydrogens is 360 g/mol. The van der Waals surface area contributed by atoms with Crippen molar-refractivity contribution in [2.45, 2.75) is 39.0 Å². The van der Waals surface area contributed by atoms with Gasteiger partial charge in [-0.1, -0.05) is 31.0 Å². The first-order valence-electron chi connectivity index (χ1n) is 9.76. The molecule has 1 aliphatic heterocycles. The molecule has 1 fully saturated rings. The van der Waals surface area contributed by atoms with E-state index in [0.717, 1.165) is 37.4 Å². The molecule has 0 bridgehead atoms. The van der Waals surface area contributed by atoms with E-state index in [2.05, 4.69) is 17.1 Å². The first-order valence-corrected chi connectivity index (χ1v) is 10.1. The lowest BCUT2D eigenvalue weighted by Crippen LogP contribution is -2.29. The molecule has 1 aliphatic rings. The zero-order valence-electron chi connectivity index (χ0n) is 15.8. The third-order valence-electron chi connectivity index (χ3n) is 4.77. The first-order chi connectivity index (χ1) is 13.2. The molecule has 0 aromatic heterocycles. The van der Waals surface area contributed by atoms with Crippen LogP contribution in [0.1, 0.15) is 49.4 Å². The summed E-state index contributed by atoms with van der Waals surface area (Å²) in [6.45, 7) is 4.86. The molecule has 0 aliphatic carbocycles. The van der Waals surface area contributed by atoms with E-state index in [9.17, 15) is 4.79 Å². The van der Waals surface area contributed by atoms with Gasteiger partial charge in [-0.3, -0.25) is 4.79 Å². The smallest absolute Gasteiger partial charge is 0.255 e. The highest BCUT2D eigenvalue weighted by molar-refractivity contribution is 6.33. The van der Waals surface area contributed by atoms with Gasteiger partial charge in [0.2, 0.25) is 0 Å². The number of hydrogen-bond acceptors (Lipinski definition) is 3. The van der Waals surface area contributed by atoms with Gasteiger partial charge in [-0.25, -0.2) is 0 Å². The van der Waals surface area contributed by atoms with Gasteiger partial charge in [-0.2, -0.15) is 0 Å². The predicted octanol–water partition coefficient (Wildman–Crippen LogP) is 5.76. The summed E-state index contributed by atoms with van der Waals surface area (Å²) in [6.07, 6.45) is 5.76. The van der Waals surface area contributed by atoms with Gasteiger partial charge in [-0.15, -0.1) is 0 Å². The number of halogens is 1. The average Bonchev–Trinajstić information content (AvgIpc) is 2.69. The molecule has 144 valence electrons. The molecule has 1 N–H and O–H groups in total. The van der Waals surface area contributed by atoms with Crippen molar-refractivity contribution in [3.05, 3.63) is 53.1 Å². The molecule has 1 amide bonds. The Morgan fingerprint density at radius 1 is 1.15 bits per heavy atom. The summed E-state index contributed by atoms with van der Waals surface area (Å²) in [5, 5.41) is 3.60. The lowest BCUT2D eigenvalue weighted by molar-refractivity contribution is 0.102. The lowest BCUT2D eigenvalue weighted by Gasteiger charge is -2.29. The van der Waals surface area contributed by atoms with E-state index in [4.69, 9.17) is 16.3 Å². The number of carbonyl (C=O) groups is 1. The summed E-state index contributed by atoms with van der Waals surface area (Å²) >= 11 is 6.48. The van der Waals surface area contributed by atoms with Gasteiger partial charge in [0.15, 0.2) is 0 Å². The summed E-state index contributed by atoms with van der Waals surface area (Å²) in [5.41, 5.74) is 2.31. The van der Waals surface area contributed by atoms with Crippen LogP contribution in [0.2, 0.25) is 5.02 Å².